The molecule has 4 rings (SSSR count). The maximum Gasteiger partial charge on any atom is 0.283 e. The Morgan fingerprint density at radius 2 is 2.15 bits per heavy atom. The summed E-state index contributed by atoms with van der Waals surface area (Å²) in [5.74, 6) is 0. The van der Waals surface area contributed by atoms with Gasteiger partial charge in [0.1, 0.15) is 0 Å². The topological polar surface area (TPSA) is 57.9 Å². The minimum Gasteiger partial charge on any atom is -0.299 e. The summed E-state index contributed by atoms with van der Waals surface area (Å²) in [6.45, 7) is 7.08. The van der Waals surface area contributed by atoms with E-state index in [0.717, 1.165) is 37.3 Å². The lowest BCUT2D eigenvalue weighted by Crippen LogP contribution is -2.35. The van der Waals surface area contributed by atoms with Crippen LogP contribution in [-0.2, 0) is 23.0 Å². The number of benzene rings is 1. The van der Waals surface area contributed by atoms with Gasteiger partial charge in [0, 0.05) is 31.2 Å². The molecule has 1 aromatic carbocycles. The van der Waals surface area contributed by atoms with Crippen molar-refractivity contribution in [2.45, 2.75) is 31.8 Å². The highest BCUT2D eigenvalue weighted by molar-refractivity contribution is 7.92. The zero-order chi connectivity index (χ0) is 19.2. The zero-order valence-corrected chi connectivity index (χ0v) is 17.6. The van der Waals surface area contributed by atoms with Gasteiger partial charge in [0.15, 0.2) is 15.1 Å². The van der Waals surface area contributed by atoms with Gasteiger partial charge in [-0.05, 0) is 37.1 Å². The smallest absolute Gasteiger partial charge is 0.283 e. The average molecular weight is 425 g/mol. The van der Waals surface area contributed by atoms with E-state index in [9.17, 15) is 8.42 Å². The van der Waals surface area contributed by atoms with Crippen LogP contribution in [-0.4, -0.2) is 42.3 Å². The molecule has 2 aromatic heterocycles. The van der Waals surface area contributed by atoms with Crippen LogP contribution >= 0.6 is 22.9 Å². The maximum absolute atomic E-state index is 13.5. The van der Waals surface area contributed by atoms with Crippen molar-refractivity contribution in [3.63, 3.8) is 0 Å². The van der Waals surface area contributed by atoms with Gasteiger partial charge in [-0.3, -0.25) is 13.6 Å². The van der Waals surface area contributed by atoms with E-state index in [1.807, 2.05) is 19.1 Å². The molecule has 0 N–H and O–H groups in total. The zero-order valence-electron chi connectivity index (χ0n) is 15.2. The molecule has 1 aliphatic heterocycles. The Bertz CT molecular complexity index is 1090. The van der Waals surface area contributed by atoms with Crippen molar-refractivity contribution in [3.05, 3.63) is 46.1 Å². The number of sulfonamides is 1. The maximum atomic E-state index is 13.5. The predicted octanol–water partition coefficient (Wildman–Crippen LogP) is 3.64. The van der Waals surface area contributed by atoms with Gasteiger partial charge in [0.2, 0.25) is 0 Å². The highest BCUT2D eigenvalue weighted by atomic mass is 35.5. The molecular formula is C18H21ClN4O2S2. The Hall–Kier alpha value is -1.61. The molecule has 6 nitrogen and oxygen atoms in total. The summed E-state index contributed by atoms with van der Waals surface area (Å²) in [5, 5.41) is 1.85. The van der Waals surface area contributed by atoms with Crippen LogP contribution in [0, 0.1) is 0 Å². The van der Waals surface area contributed by atoms with Crippen LogP contribution in [0.5, 0.6) is 0 Å². The summed E-state index contributed by atoms with van der Waals surface area (Å²) in [7, 11) is -3.85. The largest absolute Gasteiger partial charge is 0.299 e. The van der Waals surface area contributed by atoms with E-state index in [-0.39, 0.29) is 10.2 Å². The number of likely N-dealkylation sites (N-methyl/N-ethyl adjacent to an activating group) is 1. The van der Waals surface area contributed by atoms with Crippen LogP contribution in [0.25, 0.3) is 4.96 Å². The third kappa shape index (κ3) is 3.04. The van der Waals surface area contributed by atoms with Crippen LogP contribution in [0.4, 0.5) is 5.69 Å². The molecule has 3 heterocycles. The standard InChI is InChI=1S/C18H21ClN4O2S2/c1-3-21-9-8-14-13(12-21)6-5-7-15(14)23(4-2)27(24,25)17-16(19)20-18-22(17)10-11-26-18/h5-7,10-11H,3-4,8-9,12H2,1-2H3. The fourth-order valence-electron chi connectivity index (χ4n) is 3.69. The highest BCUT2D eigenvalue weighted by Gasteiger charge is 2.33. The molecule has 0 radical (unpaired) electrons. The number of fused-ring (bicyclic) bond motifs is 2. The Balaban J connectivity index is 1.83. The molecule has 0 atom stereocenters. The number of hydrogen-bond acceptors (Lipinski definition) is 5. The number of thiazole rings is 1. The second-order valence-corrected chi connectivity index (χ2v) is 9.48. The number of aromatic nitrogens is 2. The van der Waals surface area contributed by atoms with Gasteiger partial charge in [-0.2, -0.15) is 8.42 Å². The first-order chi connectivity index (χ1) is 13.0. The molecule has 0 bridgehead atoms. The van der Waals surface area contributed by atoms with E-state index < -0.39 is 10.0 Å². The van der Waals surface area contributed by atoms with Gasteiger partial charge in [-0.15, -0.1) is 11.3 Å². The second-order valence-electron chi connectivity index (χ2n) is 6.47. The molecule has 0 saturated carbocycles. The molecule has 0 aliphatic carbocycles. The number of rotatable bonds is 5. The van der Waals surface area contributed by atoms with Gasteiger partial charge < -0.3 is 0 Å². The van der Waals surface area contributed by atoms with Crippen molar-refractivity contribution in [3.8, 4) is 0 Å². The summed E-state index contributed by atoms with van der Waals surface area (Å²) in [6, 6.07) is 5.91. The normalized spacial score (nSPS) is 15.2. The monoisotopic (exact) mass is 424 g/mol. The first-order valence-electron chi connectivity index (χ1n) is 8.94. The van der Waals surface area contributed by atoms with E-state index in [1.165, 1.54) is 21.2 Å². The van der Waals surface area contributed by atoms with Crippen molar-refractivity contribution in [1.82, 2.24) is 14.3 Å². The first kappa shape index (κ1) is 18.7. The van der Waals surface area contributed by atoms with Crippen LogP contribution in [0.3, 0.4) is 0 Å². The number of hydrogen-bond donors (Lipinski definition) is 0. The molecule has 1 aliphatic rings. The summed E-state index contributed by atoms with van der Waals surface area (Å²) in [5.41, 5.74) is 3.04. The molecular weight excluding hydrogens is 404 g/mol. The van der Waals surface area contributed by atoms with Crippen molar-refractivity contribution < 1.29 is 8.42 Å². The quantitative estimate of drug-likeness (QED) is 0.627. The van der Waals surface area contributed by atoms with Gasteiger partial charge in [-0.1, -0.05) is 30.7 Å². The number of halogens is 1. The molecule has 0 saturated heterocycles. The van der Waals surface area contributed by atoms with Crippen LogP contribution in [0.15, 0.2) is 34.8 Å². The Morgan fingerprint density at radius 1 is 1.33 bits per heavy atom. The van der Waals surface area contributed by atoms with Crippen molar-refractivity contribution >= 4 is 43.6 Å². The summed E-state index contributed by atoms with van der Waals surface area (Å²) >= 11 is 7.58. The van der Waals surface area contributed by atoms with Crippen molar-refractivity contribution in [1.29, 1.82) is 0 Å². The van der Waals surface area contributed by atoms with E-state index in [1.54, 1.807) is 16.0 Å². The Kier molecular flexibility index (Phi) is 4.92. The minimum atomic E-state index is -3.85. The molecule has 144 valence electrons. The van der Waals surface area contributed by atoms with Gasteiger partial charge in [0.05, 0.1) is 5.69 Å². The summed E-state index contributed by atoms with van der Waals surface area (Å²) < 4.78 is 30.1. The van der Waals surface area contributed by atoms with Crippen molar-refractivity contribution in [2.75, 3.05) is 23.9 Å². The molecule has 0 unspecified atom stereocenters. The van der Waals surface area contributed by atoms with Crippen molar-refractivity contribution in [2.24, 2.45) is 0 Å². The second kappa shape index (κ2) is 7.09. The number of imidazole rings is 1. The fraction of sp³-hybridized carbons (Fsp3) is 0.389. The highest BCUT2D eigenvalue weighted by Crippen LogP contribution is 2.35. The number of anilines is 1. The SMILES string of the molecule is CCN1CCc2c(cccc2N(CC)S(=O)(=O)c2c(Cl)nc3sccn23)C1. The van der Waals surface area contributed by atoms with Gasteiger partial charge in [0.25, 0.3) is 10.0 Å². The third-order valence-corrected chi connectivity index (χ3v) is 8.08. The molecule has 9 heteroatoms. The minimum absolute atomic E-state index is 0.0160. The molecule has 0 spiro atoms. The molecule has 0 fully saturated rings. The first-order valence-corrected chi connectivity index (χ1v) is 11.6. The lowest BCUT2D eigenvalue weighted by molar-refractivity contribution is 0.268. The van der Waals surface area contributed by atoms with Gasteiger partial charge >= 0.3 is 0 Å². The fourth-order valence-corrected chi connectivity index (χ4v) is 6.61. The molecule has 27 heavy (non-hydrogen) atoms. The van der Waals surface area contributed by atoms with E-state index in [0.29, 0.717) is 11.5 Å². The Labute approximate surface area is 168 Å². The van der Waals surface area contributed by atoms with E-state index in [2.05, 4.69) is 22.9 Å². The Morgan fingerprint density at radius 3 is 2.89 bits per heavy atom. The van der Waals surface area contributed by atoms with Crippen LogP contribution < -0.4 is 4.31 Å². The summed E-state index contributed by atoms with van der Waals surface area (Å²) in [6.07, 6.45) is 2.53. The van der Waals surface area contributed by atoms with E-state index >= 15 is 0 Å². The van der Waals surface area contributed by atoms with E-state index in [4.69, 9.17) is 11.6 Å². The lowest BCUT2D eigenvalue weighted by Gasteiger charge is -2.32. The number of nitrogens with zero attached hydrogens (tertiary/aromatic N) is 4. The predicted molar refractivity (Wildman–Crippen MR) is 109 cm³/mol. The van der Waals surface area contributed by atoms with Gasteiger partial charge in [-0.25, -0.2) is 4.98 Å². The van der Waals surface area contributed by atoms with Crippen LogP contribution in [0.2, 0.25) is 5.15 Å². The molecule has 0 amide bonds. The summed E-state index contributed by atoms with van der Waals surface area (Å²) in [4.78, 5) is 7.13. The van der Waals surface area contributed by atoms with Crippen LogP contribution in [0.1, 0.15) is 25.0 Å². The molecule has 3 aromatic rings. The lowest BCUT2D eigenvalue weighted by atomic mass is 9.98. The average Bonchev–Trinajstić information content (AvgIpc) is 3.21. The third-order valence-electron chi connectivity index (χ3n) is 5.04.